The Kier molecular flexibility index (Phi) is 6.58. The molecular weight excluding hydrogens is 560 g/mol. The van der Waals surface area contributed by atoms with E-state index in [1.165, 1.54) is 11.6 Å². The number of ether oxygens (including phenoxy) is 1. The maximum atomic E-state index is 14.2. The average molecular weight is 592 g/mol. The molecule has 0 radical (unpaired) electrons. The molecule has 0 aliphatic carbocycles. The van der Waals surface area contributed by atoms with Crippen molar-refractivity contribution in [3.8, 4) is 11.6 Å². The van der Waals surface area contributed by atoms with Crippen LogP contribution in [0.5, 0.6) is 5.88 Å². The third-order valence-corrected chi connectivity index (χ3v) is 8.41. The van der Waals surface area contributed by atoms with Crippen molar-refractivity contribution in [1.29, 1.82) is 0 Å². The van der Waals surface area contributed by atoms with Crippen molar-refractivity contribution >= 4 is 39.1 Å². The summed E-state index contributed by atoms with van der Waals surface area (Å²) in [6.45, 7) is 10.1. The minimum absolute atomic E-state index is 0.0999. The van der Waals surface area contributed by atoms with E-state index in [1.807, 2.05) is 21.7 Å². The molecule has 6 rings (SSSR count). The molecule has 39 heavy (non-hydrogen) atoms. The van der Waals surface area contributed by atoms with Gasteiger partial charge in [0, 0.05) is 24.0 Å². The molecule has 1 aromatic heterocycles. The van der Waals surface area contributed by atoms with E-state index in [-0.39, 0.29) is 11.8 Å². The summed E-state index contributed by atoms with van der Waals surface area (Å²) in [5, 5.41) is 11.5. The van der Waals surface area contributed by atoms with Crippen LogP contribution in [-0.2, 0) is 11.2 Å². The molecule has 2 amide bonds. The molecule has 202 valence electrons. The zero-order valence-electron chi connectivity index (χ0n) is 22.0. The number of fused-ring (bicyclic) bond motifs is 1. The van der Waals surface area contributed by atoms with Gasteiger partial charge in [-0.1, -0.05) is 32.6 Å². The van der Waals surface area contributed by atoms with Crippen LogP contribution in [0.1, 0.15) is 53.0 Å². The summed E-state index contributed by atoms with van der Waals surface area (Å²) in [4.78, 5) is 30.5. The number of carbonyl (C=O) groups is 2. The number of hydrogen-bond donors (Lipinski definition) is 2. The van der Waals surface area contributed by atoms with Gasteiger partial charge in [0.1, 0.15) is 6.61 Å². The molecule has 3 aliphatic rings. The van der Waals surface area contributed by atoms with Crippen molar-refractivity contribution in [2.75, 3.05) is 43.5 Å². The van der Waals surface area contributed by atoms with E-state index in [9.17, 15) is 9.59 Å². The van der Waals surface area contributed by atoms with Crippen LogP contribution in [0.2, 0.25) is 0 Å². The molecule has 2 aromatic carbocycles. The number of carbonyl (C=O) groups excluding carboxylic acids is 2. The second-order valence-corrected chi connectivity index (χ2v) is 11.2. The van der Waals surface area contributed by atoms with Gasteiger partial charge in [0.2, 0.25) is 11.8 Å². The number of halogens is 1. The number of benzene rings is 2. The standard InChI is InChI=1S/C29H31BrN6O3/c1-4-24(37)34-13-14-39-28-25-22(36(33-28)19-7-5-18(6-8-19)17(2)3)11-12-35(23(25)15-34)29(38)20-9-10-21(30)27-26(20)31-16-32-27/h4-10,17,23,31-32H,1,11-16H2,2-3H3. The molecule has 1 unspecified atom stereocenters. The summed E-state index contributed by atoms with van der Waals surface area (Å²) >= 11 is 3.57. The fraction of sp³-hybridized carbons (Fsp3) is 0.345. The van der Waals surface area contributed by atoms with Crippen molar-refractivity contribution in [2.24, 2.45) is 0 Å². The monoisotopic (exact) mass is 590 g/mol. The van der Waals surface area contributed by atoms with Crippen LogP contribution < -0.4 is 15.4 Å². The predicted molar refractivity (Wildman–Crippen MR) is 154 cm³/mol. The zero-order valence-corrected chi connectivity index (χ0v) is 23.6. The maximum Gasteiger partial charge on any atom is 0.256 e. The Labute approximate surface area is 235 Å². The first kappa shape index (κ1) is 25.5. The highest BCUT2D eigenvalue weighted by Crippen LogP contribution is 2.42. The molecule has 0 fully saturated rings. The third-order valence-electron chi connectivity index (χ3n) is 7.75. The van der Waals surface area contributed by atoms with Gasteiger partial charge in [-0.15, -0.1) is 5.10 Å². The minimum atomic E-state index is -0.419. The van der Waals surface area contributed by atoms with Crippen LogP contribution in [0.4, 0.5) is 11.4 Å². The van der Waals surface area contributed by atoms with Crippen LogP contribution in [0.15, 0.2) is 53.5 Å². The number of amides is 2. The zero-order chi connectivity index (χ0) is 27.3. The molecule has 1 atom stereocenters. The Morgan fingerprint density at radius 3 is 2.64 bits per heavy atom. The second-order valence-electron chi connectivity index (χ2n) is 10.3. The van der Waals surface area contributed by atoms with E-state index in [0.29, 0.717) is 56.7 Å². The number of nitrogens with one attached hydrogen (secondary N) is 2. The van der Waals surface area contributed by atoms with E-state index in [2.05, 4.69) is 71.3 Å². The maximum absolute atomic E-state index is 14.2. The van der Waals surface area contributed by atoms with Gasteiger partial charge in [-0.2, -0.15) is 0 Å². The summed E-state index contributed by atoms with van der Waals surface area (Å²) in [5.74, 6) is 0.665. The number of rotatable bonds is 4. The van der Waals surface area contributed by atoms with E-state index in [1.54, 1.807) is 4.90 Å². The van der Waals surface area contributed by atoms with Crippen molar-refractivity contribution in [3.05, 3.63) is 75.9 Å². The molecular formula is C29H31BrN6O3. The fourth-order valence-electron chi connectivity index (χ4n) is 5.68. The van der Waals surface area contributed by atoms with E-state index in [0.717, 1.165) is 32.8 Å². The SMILES string of the molecule is C=CC(=O)N1CCOc2nn(-c3ccc(C(C)C)cc3)c3c2C(C1)N(C(=O)c1ccc(Br)c2c1NCN2)CC3. The van der Waals surface area contributed by atoms with E-state index >= 15 is 0 Å². The molecule has 0 saturated heterocycles. The quantitative estimate of drug-likeness (QED) is 0.428. The topological polar surface area (TPSA) is 91.7 Å². The molecule has 0 bridgehead atoms. The van der Waals surface area contributed by atoms with Crippen molar-refractivity contribution in [1.82, 2.24) is 19.6 Å². The number of anilines is 2. The summed E-state index contributed by atoms with van der Waals surface area (Å²) < 4.78 is 9.00. The molecule has 0 saturated carbocycles. The predicted octanol–water partition coefficient (Wildman–Crippen LogP) is 4.70. The molecule has 9 nitrogen and oxygen atoms in total. The van der Waals surface area contributed by atoms with Gasteiger partial charge in [-0.3, -0.25) is 9.59 Å². The normalized spacial score (nSPS) is 17.8. The van der Waals surface area contributed by atoms with Gasteiger partial charge in [-0.05, 0) is 57.8 Å². The summed E-state index contributed by atoms with van der Waals surface area (Å²) in [7, 11) is 0. The summed E-state index contributed by atoms with van der Waals surface area (Å²) in [5.41, 5.74) is 6.32. The highest BCUT2D eigenvalue weighted by atomic mass is 79.9. The molecule has 4 heterocycles. The second kappa shape index (κ2) is 10.1. The highest BCUT2D eigenvalue weighted by Gasteiger charge is 2.41. The molecule has 2 N–H and O–H groups in total. The first-order chi connectivity index (χ1) is 18.9. The Bertz CT molecular complexity index is 1460. The van der Waals surface area contributed by atoms with Crippen LogP contribution in [0.3, 0.4) is 0 Å². The highest BCUT2D eigenvalue weighted by molar-refractivity contribution is 9.10. The van der Waals surface area contributed by atoms with Gasteiger partial charge in [0.25, 0.3) is 5.91 Å². The largest absolute Gasteiger partial charge is 0.474 e. The third kappa shape index (κ3) is 4.36. The van der Waals surface area contributed by atoms with Crippen LogP contribution >= 0.6 is 15.9 Å². The molecule has 10 heteroatoms. The first-order valence-corrected chi connectivity index (χ1v) is 14.0. The average Bonchev–Trinajstić information content (AvgIpc) is 3.57. The Hall–Kier alpha value is -3.79. The number of aromatic nitrogens is 2. The molecule has 0 spiro atoms. The minimum Gasteiger partial charge on any atom is -0.474 e. The smallest absolute Gasteiger partial charge is 0.256 e. The Balaban J connectivity index is 1.44. The Morgan fingerprint density at radius 2 is 1.90 bits per heavy atom. The van der Waals surface area contributed by atoms with Crippen molar-refractivity contribution in [2.45, 2.75) is 32.2 Å². The van der Waals surface area contributed by atoms with Gasteiger partial charge in [0.05, 0.1) is 53.1 Å². The van der Waals surface area contributed by atoms with Gasteiger partial charge < -0.3 is 25.2 Å². The van der Waals surface area contributed by atoms with Crippen LogP contribution in [0.25, 0.3) is 5.69 Å². The van der Waals surface area contributed by atoms with Crippen molar-refractivity contribution < 1.29 is 14.3 Å². The van der Waals surface area contributed by atoms with Gasteiger partial charge >= 0.3 is 0 Å². The number of nitrogens with zero attached hydrogens (tertiary/aromatic N) is 4. The van der Waals surface area contributed by atoms with Gasteiger partial charge in [-0.25, -0.2) is 4.68 Å². The summed E-state index contributed by atoms with van der Waals surface area (Å²) in [6.07, 6.45) is 1.93. The molecule has 3 aliphatic heterocycles. The van der Waals surface area contributed by atoms with Gasteiger partial charge in [0.15, 0.2) is 0 Å². The number of hydrogen-bond acceptors (Lipinski definition) is 6. The summed E-state index contributed by atoms with van der Waals surface area (Å²) in [6, 6.07) is 11.7. The van der Waals surface area contributed by atoms with Crippen LogP contribution in [0, 0.1) is 0 Å². The first-order valence-electron chi connectivity index (χ1n) is 13.2. The lowest BCUT2D eigenvalue weighted by atomic mass is 9.95. The lowest BCUT2D eigenvalue weighted by molar-refractivity contribution is -0.127. The van der Waals surface area contributed by atoms with Crippen molar-refractivity contribution in [3.63, 3.8) is 0 Å². The Morgan fingerprint density at radius 1 is 1.13 bits per heavy atom. The van der Waals surface area contributed by atoms with E-state index < -0.39 is 6.04 Å². The lowest BCUT2D eigenvalue weighted by Gasteiger charge is -2.40. The lowest BCUT2D eigenvalue weighted by Crippen LogP contribution is -2.48. The fourth-order valence-corrected chi connectivity index (χ4v) is 6.15. The van der Waals surface area contributed by atoms with Crippen LogP contribution in [-0.4, -0.2) is 64.3 Å². The van der Waals surface area contributed by atoms with E-state index in [4.69, 9.17) is 9.84 Å². The molecule has 3 aromatic rings.